The van der Waals surface area contributed by atoms with E-state index in [1.807, 2.05) is 6.92 Å². The number of aliphatic hydroxyl groups excluding tert-OH is 1. The molecule has 1 aliphatic heterocycles. The molecule has 0 radical (unpaired) electrons. The van der Waals surface area contributed by atoms with E-state index in [9.17, 15) is 14.7 Å². The van der Waals surface area contributed by atoms with Gasteiger partial charge in [0.15, 0.2) is 0 Å². The van der Waals surface area contributed by atoms with Gasteiger partial charge in [0.1, 0.15) is 29.1 Å². The molecule has 1 amide bonds. The summed E-state index contributed by atoms with van der Waals surface area (Å²) in [5, 5.41) is 11.3. The van der Waals surface area contributed by atoms with Crippen molar-refractivity contribution in [2.75, 3.05) is 13.7 Å². The highest BCUT2D eigenvalue weighted by molar-refractivity contribution is 6.46. The summed E-state index contributed by atoms with van der Waals surface area (Å²) in [4.78, 5) is 26.8. The number of nitrogens with zero attached hydrogens (tertiary/aromatic N) is 1. The monoisotopic (exact) mass is 389 g/mol. The van der Waals surface area contributed by atoms with E-state index in [4.69, 9.17) is 20.8 Å². The van der Waals surface area contributed by atoms with E-state index in [0.717, 1.165) is 0 Å². The van der Waals surface area contributed by atoms with Gasteiger partial charge >= 0.3 is 0 Å². The second-order valence-electron chi connectivity index (χ2n) is 6.29. The zero-order chi connectivity index (χ0) is 19.7. The molecule has 2 heterocycles. The van der Waals surface area contributed by atoms with Gasteiger partial charge in [-0.05, 0) is 43.7 Å². The zero-order valence-electron chi connectivity index (χ0n) is 15.3. The first-order valence-electron chi connectivity index (χ1n) is 8.57. The van der Waals surface area contributed by atoms with Gasteiger partial charge in [-0.15, -0.1) is 0 Å². The molecule has 0 aliphatic carbocycles. The number of hydrogen-bond acceptors (Lipinski definition) is 5. The number of carbonyl (C=O) groups is 2. The molecule has 0 bridgehead atoms. The summed E-state index contributed by atoms with van der Waals surface area (Å²) in [6.45, 7) is 4.04. The molecule has 1 aliphatic rings. The average Bonchev–Trinajstić information content (AvgIpc) is 3.18. The largest absolute Gasteiger partial charge is 0.507 e. The second-order valence-corrected chi connectivity index (χ2v) is 6.72. The Morgan fingerprint density at radius 1 is 1.30 bits per heavy atom. The summed E-state index contributed by atoms with van der Waals surface area (Å²) in [7, 11) is 1.45. The standard InChI is InChI=1S/C20H20ClNO5/c1-4-9-22-17(15-7-5-11(2)27-15)16(19(24)20(22)25)18(23)13-10-12(21)6-8-14(13)26-3/h5-8,10,17,23H,4,9H2,1-3H3/b18-16+. The third-order valence-electron chi connectivity index (χ3n) is 4.45. The van der Waals surface area contributed by atoms with Crippen molar-refractivity contribution in [2.24, 2.45) is 0 Å². The first-order chi connectivity index (χ1) is 12.9. The summed E-state index contributed by atoms with van der Waals surface area (Å²) < 4.78 is 11.0. The number of amides is 1. The minimum absolute atomic E-state index is 0.0385. The molecule has 1 fully saturated rings. The number of Topliss-reactive ketones (excluding diaryl/α,β-unsaturated/α-hetero) is 1. The first-order valence-corrected chi connectivity index (χ1v) is 8.95. The number of benzene rings is 1. The molecule has 6 nitrogen and oxygen atoms in total. The Bertz CT molecular complexity index is 930. The lowest BCUT2D eigenvalue weighted by Crippen LogP contribution is -2.30. The molecule has 1 saturated heterocycles. The number of aliphatic hydroxyl groups is 1. The summed E-state index contributed by atoms with van der Waals surface area (Å²) in [6, 6.07) is 7.35. The lowest BCUT2D eigenvalue weighted by molar-refractivity contribution is -0.140. The maximum absolute atomic E-state index is 12.8. The van der Waals surface area contributed by atoms with Crippen molar-refractivity contribution in [1.82, 2.24) is 4.90 Å². The fraction of sp³-hybridized carbons (Fsp3) is 0.300. The van der Waals surface area contributed by atoms with Crippen LogP contribution < -0.4 is 4.74 Å². The van der Waals surface area contributed by atoms with Gasteiger partial charge in [0.25, 0.3) is 11.7 Å². The van der Waals surface area contributed by atoms with E-state index in [1.54, 1.807) is 31.2 Å². The van der Waals surface area contributed by atoms with Crippen LogP contribution in [0.3, 0.4) is 0 Å². The minimum Gasteiger partial charge on any atom is -0.507 e. The molecule has 7 heteroatoms. The number of furan rings is 1. The number of aryl methyl sites for hydroxylation is 1. The highest BCUT2D eigenvalue weighted by Crippen LogP contribution is 2.41. The Morgan fingerprint density at radius 2 is 2.04 bits per heavy atom. The quantitative estimate of drug-likeness (QED) is 0.473. The van der Waals surface area contributed by atoms with Crippen molar-refractivity contribution in [2.45, 2.75) is 26.3 Å². The first kappa shape index (κ1) is 19.0. The van der Waals surface area contributed by atoms with Crippen LogP contribution in [0.25, 0.3) is 5.76 Å². The van der Waals surface area contributed by atoms with Crippen molar-refractivity contribution < 1.29 is 23.8 Å². The van der Waals surface area contributed by atoms with E-state index in [2.05, 4.69) is 0 Å². The maximum atomic E-state index is 12.8. The normalized spacial score (nSPS) is 19.0. The van der Waals surface area contributed by atoms with Crippen LogP contribution >= 0.6 is 11.6 Å². The molecule has 0 saturated carbocycles. The van der Waals surface area contributed by atoms with Crippen LogP contribution in [0.1, 0.15) is 36.5 Å². The maximum Gasteiger partial charge on any atom is 0.295 e. The molecule has 2 aromatic rings. The van der Waals surface area contributed by atoms with E-state index in [-0.39, 0.29) is 16.9 Å². The smallest absolute Gasteiger partial charge is 0.295 e. The molecule has 1 N–H and O–H groups in total. The van der Waals surface area contributed by atoms with Crippen LogP contribution in [0, 0.1) is 6.92 Å². The van der Waals surface area contributed by atoms with Gasteiger partial charge in [-0.3, -0.25) is 9.59 Å². The van der Waals surface area contributed by atoms with Crippen LogP contribution in [0.5, 0.6) is 5.75 Å². The lowest BCUT2D eigenvalue weighted by atomic mass is 9.98. The topological polar surface area (TPSA) is 80.0 Å². The Morgan fingerprint density at radius 3 is 2.63 bits per heavy atom. The summed E-state index contributed by atoms with van der Waals surface area (Å²) in [6.07, 6.45) is 0.656. The number of likely N-dealkylation sites (tertiary alicyclic amines) is 1. The van der Waals surface area contributed by atoms with Crippen molar-refractivity contribution in [3.05, 3.63) is 58.0 Å². The Labute approximate surface area is 162 Å². The Kier molecular flexibility index (Phi) is 5.28. The number of halogens is 1. The number of carbonyl (C=O) groups excluding carboxylic acids is 2. The second kappa shape index (κ2) is 7.48. The van der Waals surface area contributed by atoms with Crippen LogP contribution in [-0.4, -0.2) is 35.4 Å². The Hall–Kier alpha value is -2.73. The van der Waals surface area contributed by atoms with E-state index in [0.29, 0.717) is 35.3 Å². The molecule has 1 aromatic carbocycles. The summed E-state index contributed by atoms with van der Waals surface area (Å²) >= 11 is 6.05. The van der Waals surface area contributed by atoms with E-state index in [1.165, 1.54) is 18.1 Å². The Balaban J connectivity index is 2.24. The van der Waals surface area contributed by atoms with Crippen molar-refractivity contribution in [3.8, 4) is 5.75 Å². The average molecular weight is 390 g/mol. The van der Waals surface area contributed by atoms with Crippen LogP contribution in [0.15, 0.2) is 40.3 Å². The van der Waals surface area contributed by atoms with Gasteiger partial charge in [-0.1, -0.05) is 18.5 Å². The number of hydrogen-bond donors (Lipinski definition) is 1. The van der Waals surface area contributed by atoms with Crippen LogP contribution in [0.2, 0.25) is 5.02 Å². The molecular formula is C20H20ClNO5. The predicted octanol–water partition coefficient (Wildman–Crippen LogP) is 4.08. The van der Waals surface area contributed by atoms with Gasteiger partial charge in [0, 0.05) is 11.6 Å². The number of methoxy groups -OCH3 is 1. The summed E-state index contributed by atoms with van der Waals surface area (Å²) in [5.74, 6) is -0.367. The third kappa shape index (κ3) is 3.32. The van der Waals surface area contributed by atoms with Gasteiger partial charge in [0.2, 0.25) is 0 Å². The highest BCUT2D eigenvalue weighted by atomic mass is 35.5. The zero-order valence-corrected chi connectivity index (χ0v) is 16.0. The van der Waals surface area contributed by atoms with Crippen molar-refractivity contribution in [1.29, 1.82) is 0 Å². The number of rotatable bonds is 5. The number of ketones is 1. The minimum atomic E-state index is -0.803. The van der Waals surface area contributed by atoms with Crippen LogP contribution in [-0.2, 0) is 9.59 Å². The van der Waals surface area contributed by atoms with Gasteiger partial charge in [-0.2, -0.15) is 0 Å². The van der Waals surface area contributed by atoms with E-state index < -0.39 is 17.7 Å². The van der Waals surface area contributed by atoms with Gasteiger partial charge in [0.05, 0.1) is 18.2 Å². The lowest BCUT2D eigenvalue weighted by Gasteiger charge is -2.22. The van der Waals surface area contributed by atoms with Gasteiger partial charge in [-0.25, -0.2) is 0 Å². The van der Waals surface area contributed by atoms with Crippen molar-refractivity contribution in [3.63, 3.8) is 0 Å². The third-order valence-corrected chi connectivity index (χ3v) is 4.69. The molecular weight excluding hydrogens is 370 g/mol. The molecule has 27 heavy (non-hydrogen) atoms. The van der Waals surface area contributed by atoms with E-state index >= 15 is 0 Å². The predicted molar refractivity (Wildman–Crippen MR) is 101 cm³/mol. The SMILES string of the molecule is CCCN1C(=O)C(=O)/C(=C(/O)c2cc(Cl)ccc2OC)C1c1ccc(C)o1. The molecule has 3 rings (SSSR count). The molecule has 1 atom stereocenters. The summed E-state index contributed by atoms with van der Waals surface area (Å²) in [5.41, 5.74) is 0.205. The molecule has 1 unspecified atom stereocenters. The fourth-order valence-electron chi connectivity index (χ4n) is 3.26. The van der Waals surface area contributed by atoms with Crippen molar-refractivity contribution >= 4 is 29.1 Å². The molecule has 142 valence electrons. The molecule has 0 spiro atoms. The fourth-order valence-corrected chi connectivity index (χ4v) is 3.43. The number of ether oxygens (including phenoxy) is 1. The molecule has 1 aromatic heterocycles. The van der Waals surface area contributed by atoms with Crippen LogP contribution in [0.4, 0.5) is 0 Å². The highest BCUT2D eigenvalue weighted by Gasteiger charge is 2.47. The van der Waals surface area contributed by atoms with Gasteiger partial charge < -0.3 is 19.2 Å².